The summed E-state index contributed by atoms with van der Waals surface area (Å²) >= 11 is 0. The topological polar surface area (TPSA) is 50.2 Å². The Morgan fingerprint density at radius 1 is 1.29 bits per heavy atom. The highest BCUT2D eigenvalue weighted by atomic mass is 16.1. The monoisotopic (exact) mass is 332 g/mol. The number of nitrogens with zero attached hydrogens (tertiary/aromatic N) is 3. The molecule has 5 heteroatoms. The van der Waals surface area contributed by atoms with Crippen LogP contribution in [0.5, 0.6) is 0 Å². The fourth-order valence-electron chi connectivity index (χ4n) is 4.44. The van der Waals surface area contributed by atoms with Gasteiger partial charge >= 0.3 is 0 Å². The van der Waals surface area contributed by atoms with E-state index >= 15 is 0 Å². The zero-order valence-corrected chi connectivity index (χ0v) is 15.0. The van der Waals surface area contributed by atoms with Crippen molar-refractivity contribution < 1.29 is 4.79 Å². The van der Waals surface area contributed by atoms with Crippen LogP contribution in [0.4, 0.5) is 0 Å². The number of carbonyl (C=O) groups excluding carboxylic acids is 1. The van der Waals surface area contributed by atoms with Crippen molar-refractivity contribution in [2.45, 2.75) is 63.8 Å². The van der Waals surface area contributed by atoms with Crippen LogP contribution in [0, 0.1) is 5.92 Å². The summed E-state index contributed by atoms with van der Waals surface area (Å²) in [6.07, 6.45) is 14.4. The number of hydrogen-bond donors (Lipinski definition) is 1. The van der Waals surface area contributed by atoms with Crippen molar-refractivity contribution in [2.24, 2.45) is 13.0 Å². The number of rotatable bonds is 7. The smallest absolute Gasteiger partial charge is 0.220 e. The van der Waals surface area contributed by atoms with Crippen molar-refractivity contribution in [3.63, 3.8) is 0 Å². The number of amides is 1. The molecule has 1 aromatic rings. The third kappa shape index (κ3) is 4.82. The highest BCUT2D eigenvalue weighted by Gasteiger charge is 2.32. The molecule has 1 N–H and O–H groups in total. The molecule has 2 atom stereocenters. The molecule has 0 spiro atoms. The van der Waals surface area contributed by atoms with Crippen LogP contribution in [-0.4, -0.2) is 46.3 Å². The highest BCUT2D eigenvalue weighted by molar-refractivity contribution is 5.75. The quantitative estimate of drug-likeness (QED) is 0.781. The van der Waals surface area contributed by atoms with Gasteiger partial charge in [-0.15, -0.1) is 0 Å². The van der Waals surface area contributed by atoms with E-state index in [1.54, 1.807) is 0 Å². The van der Waals surface area contributed by atoms with Gasteiger partial charge in [0.15, 0.2) is 0 Å². The van der Waals surface area contributed by atoms with Gasteiger partial charge in [0.2, 0.25) is 5.91 Å². The second kappa shape index (κ2) is 8.65. The lowest BCUT2D eigenvalue weighted by Gasteiger charge is -2.44. The number of aryl methyl sites for hydroxylation is 2. The molecule has 3 rings (SSSR count). The lowest BCUT2D eigenvalue weighted by molar-refractivity contribution is -0.121. The van der Waals surface area contributed by atoms with E-state index in [4.69, 9.17) is 0 Å². The van der Waals surface area contributed by atoms with E-state index in [0.29, 0.717) is 6.42 Å². The van der Waals surface area contributed by atoms with Crippen LogP contribution in [0.3, 0.4) is 0 Å². The van der Waals surface area contributed by atoms with Crippen LogP contribution in [0.25, 0.3) is 0 Å². The van der Waals surface area contributed by atoms with Gasteiger partial charge in [0.05, 0.1) is 6.20 Å². The highest BCUT2D eigenvalue weighted by Crippen LogP contribution is 2.33. The first-order chi connectivity index (χ1) is 11.7. The summed E-state index contributed by atoms with van der Waals surface area (Å²) in [7, 11) is 1.93. The number of nitrogens with one attached hydrogen (secondary N) is 1. The third-order valence-corrected chi connectivity index (χ3v) is 5.69. The van der Waals surface area contributed by atoms with Gasteiger partial charge in [0, 0.05) is 32.3 Å². The number of fused-ring (bicyclic) bond motifs is 1. The van der Waals surface area contributed by atoms with Crippen LogP contribution in [0.15, 0.2) is 12.4 Å². The Morgan fingerprint density at radius 2 is 2.17 bits per heavy atom. The summed E-state index contributed by atoms with van der Waals surface area (Å²) in [4.78, 5) is 14.8. The van der Waals surface area contributed by atoms with E-state index < -0.39 is 0 Å². The Labute approximate surface area is 145 Å². The summed E-state index contributed by atoms with van der Waals surface area (Å²) < 4.78 is 1.83. The number of carbonyl (C=O) groups is 1. The van der Waals surface area contributed by atoms with Crippen LogP contribution >= 0.6 is 0 Å². The molecule has 2 saturated heterocycles. The summed E-state index contributed by atoms with van der Waals surface area (Å²) in [5.74, 6) is 0.967. The molecule has 2 fully saturated rings. The van der Waals surface area contributed by atoms with Gasteiger partial charge in [-0.05, 0) is 69.5 Å². The SMILES string of the molecule is Cn1cc(CCCNC(=O)CCC2CCCN3CCCC[C@@H]23)cn1. The molecule has 3 heterocycles. The van der Waals surface area contributed by atoms with Gasteiger partial charge in [-0.25, -0.2) is 0 Å². The minimum absolute atomic E-state index is 0.231. The molecule has 24 heavy (non-hydrogen) atoms. The molecule has 0 radical (unpaired) electrons. The van der Waals surface area contributed by atoms with E-state index in [1.807, 2.05) is 24.1 Å². The van der Waals surface area contributed by atoms with E-state index in [2.05, 4.69) is 15.3 Å². The molecular formula is C19H32N4O. The molecule has 0 saturated carbocycles. The maximum absolute atomic E-state index is 12.1. The molecule has 5 nitrogen and oxygen atoms in total. The van der Waals surface area contributed by atoms with Crippen molar-refractivity contribution in [2.75, 3.05) is 19.6 Å². The Kier molecular flexibility index (Phi) is 6.30. The predicted molar refractivity (Wildman–Crippen MR) is 95.7 cm³/mol. The maximum Gasteiger partial charge on any atom is 0.220 e. The van der Waals surface area contributed by atoms with Crippen LogP contribution in [-0.2, 0) is 18.3 Å². The van der Waals surface area contributed by atoms with E-state index in [-0.39, 0.29) is 5.91 Å². The van der Waals surface area contributed by atoms with E-state index in [0.717, 1.165) is 37.8 Å². The average Bonchev–Trinajstić information content (AvgIpc) is 3.02. The second-order valence-electron chi connectivity index (χ2n) is 7.52. The van der Waals surface area contributed by atoms with Crippen LogP contribution in [0.2, 0.25) is 0 Å². The summed E-state index contributed by atoms with van der Waals surface area (Å²) in [5, 5.41) is 7.26. The van der Waals surface area contributed by atoms with Gasteiger partial charge in [-0.3, -0.25) is 9.48 Å². The minimum atomic E-state index is 0.231. The molecule has 134 valence electrons. The lowest BCUT2D eigenvalue weighted by Crippen LogP contribution is -2.48. The van der Waals surface area contributed by atoms with Gasteiger partial charge in [0.25, 0.3) is 0 Å². The number of hydrogen-bond acceptors (Lipinski definition) is 3. The van der Waals surface area contributed by atoms with Crippen LogP contribution < -0.4 is 5.32 Å². The van der Waals surface area contributed by atoms with Crippen molar-refractivity contribution >= 4 is 5.91 Å². The number of aromatic nitrogens is 2. The van der Waals surface area contributed by atoms with Gasteiger partial charge < -0.3 is 10.2 Å². The zero-order chi connectivity index (χ0) is 16.8. The normalized spacial score (nSPS) is 24.5. The molecule has 2 aliphatic rings. The van der Waals surface area contributed by atoms with Gasteiger partial charge in [-0.2, -0.15) is 5.10 Å². The molecule has 1 amide bonds. The molecule has 1 aromatic heterocycles. The minimum Gasteiger partial charge on any atom is -0.356 e. The predicted octanol–water partition coefficient (Wildman–Crippen LogP) is 2.51. The molecular weight excluding hydrogens is 300 g/mol. The Hall–Kier alpha value is -1.36. The standard InChI is InChI=1S/C19H32N4O/c1-22-15-16(14-21-22)6-4-11-20-19(24)10-9-17-7-5-13-23-12-3-2-8-18(17)23/h14-15,17-18H,2-13H2,1H3,(H,20,24)/t17?,18-/m0/s1. The van der Waals surface area contributed by atoms with Crippen molar-refractivity contribution in [3.05, 3.63) is 18.0 Å². The molecule has 0 aromatic carbocycles. The Morgan fingerprint density at radius 3 is 3.00 bits per heavy atom. The molecule has 0 bridgehead atoms. The molecule has 0 aliphatic carbocycles. The molecule has 1 unspecified atom stereocenters. The fraction of sp³-hybridized carbons (Fsp3) is 0.789. The summed E-state index contributed by atoms with van der Waals surface area (Å²) in [6.45, 7) is 3.33. The third-order valence-electron chi connectivity index (χ3n) is 5.69. The largest absolute Gasteiger partial charge is 0.356 e. The van der Waals surface area contributed by atoms with Crippen molar-refractivity contribution in [1.82, 2.24) is 20.0 Å². The summed E-state index contributed by atoms with van der Waals surface area (Å²) in [6, 6.07) is 0.755. The summed E-state index contributed by atoms with van der Waals surface area (Å²) in [5.41, 5.74) is 1.24. The first-order valence-corrected chi connectivity index (χ1v) is 9.70. The molecule has 2 aliphatic heterocycles. The fourth-order valence-corrected chi connectivity index (χ4v) is 4.44. The number of piperidine rings is 2. The Balaban J connectivity index is 1.31. The van der Waals surface area contributed by atoms with E-state index in [1.165, 1.54) is 50.8 Å². The van der Waals surface area contributed by atoms with Crippen LogP contribution in [0.1, 0.15) is 56.9 Å². The van der Waals surface area contributed by atoms with Gasteiger partial charge in [0.1, 0.15) is 0 Å². The zero-order valence-electron chi connectivity index (χ0n) is 15.0. The Bertz CT molecular complexity index is 525. The lowest BCUT2D eigenvalue weighted by atomic mass is 9.81. The maximum atomic E-state index is 12.1. The van der Waals surface area contributed by atoms with Crippen molar-refractivity contribution in [1.29, 1.82) is 0 Å². The van der Waals surface area contributed by atoms with Gasteiger partial charge in [-0.1, -0.05) is 6.42 Å². The first-order valence-electron chi connectivity index (χ1n) is 9.70. The first kappa shape index (κ1) is 17.5. The van der Waals surface area contributed by atoms with Crippen molar-refractivity contribution in [3.8, 4) is 0 Å². The van der Waals surface area contributed by atoms with E-state index in [9.17, 15) is 4.79 Å². The second-order valence-corrected chi connectivity index (χ2v) is 7.52. The average molecular weight is 332 g/mol.